The first kappa shape index (κ1) is 13.9. The molecule has 1 aliphatic heterocycles. The Balaban J connectivity index is 1.39. The lowest BCUT2D eigenvalue weighted by Gasteiger charge is -2.19. The van der Waals surface area contributed by atoms with Crippen LogP contribution in [0.4, 0.5) is 5.69 Å². The maximum absolute atomic E-state index is 5.92. The van der Waals surface area contributed by atoms with Gasteiger partial charge in [0.25, 0.3) is 0 Å². The Kier molecular flexibility index (Phi) is 4.61. The average Bonchev–Trinajstić information content (AvgIpc) is 3.05. The minimum absolute atomic E-state index is 0.871. The van der Waals surface area contributed by atoms with Gasteiger partial charge in [0.05, 0.1) is 4.34 Å². The number of nitrogens with zero attached hydrogens (tertiary/aromatic N) is 1. The molecule has 20 heavy (non-hydrogen) atoms. The number of halogens is 1. The van der Waals surface area contributed by atoms with Crippen molar-refractivity contribution in [2.24, 2.45) is 0 Å². The van der Waals surface area contributed by atoms with Crippen LogP contribution in [0.5, 0.6) is 0 Å². The van der Waals surface area contributed by atoms with Crippen LogP contribution in [0.3, 0.4) is 0 Å². The number of rotatable bonds is 6. The van der Waals surface area contributed by atoms with Gasteiger partial charge in [-0.15, -0.1) is 11.3 Å². The molecule has 0 fully saturated rings. The SMILES string of the molecule is Clc1ccc(CNCCCN2CCc3ccccc32)s1. The Morgan fingerprint density at radius 1 is 1.20 bits per heavy atom. The van der Waals surface area contributed by atoms with Crippen LogP contribution in [0.15, 0.2) is 36.4 Å². The van der Waals surface area contributed by atoms with E-state index in [1.807, 2.05) is 6.07 Å². The summed E-state index contributed by atoms with van der Waals surface area (Å²) >= 11 is 7.57. The molecular formula is C16H19ClN2S. The highest BCUT2D eigenvalue weighted by Crippen LogP contribution is 2.27. The van der Waals surface area contributed by atoms with Crippen molar-refractivity contribution in [2.45, 2.75) is 19.4 Å². The highest BCUT2D eigenvalue weighted by Gasteiger charge is 2.17. The second-order valence-corrected chi connectivity index (χ2v) is 6.90. The molecule has 1 aromatic heterocycles. The predicted octanol–water partition coefficient (Wildman–Crippen LogP) is 3.94. The van der Waals surface area contributed by atoms with Gasteiger partial charge >= 0.3 is 0 Å². The molecule has 2 aromatic rings. The van der Waals surface area contributed by atoms with Crippen molar-refractivity contribution in [1.82, 2.24) is 5.32 Å². The first-order chi connectivity index (χ1) is 9.83. The van der Waals surface area contributed by atoms with E-state index in [1.54, 1.807) is 11.3 Å². The van der Waals surface area contributed by atoms with Crippen molar-refractivity contribution in [3.63, 3.8) is 0 Å². The van der Waals surface area contributed by atoms with Crippen molar-refractivity contribution in [2.75, 3.05) is 24.5 Å². The Morgan fingerprint density at radius 3 is 2.95 bits per heavy atom. The summed E-state index contributed by atoms with van der Waals surface area (Å²) in [6.45, 7) is 4.28. The van der Waals surface area contributed by atoms with Gasteiger partial charge in [0.2, 0.25) is 0 Å². The fourth-order valence-electron chi connectivity index (χ4n) is 2.69. The molecule has 106 valence electrons. The van der Waals surface area contributed by atoms with E-state index in [-0.39, 0.29) is 0 Å². The molecule has 1 N–H and O–H groups in total. The minimum atomic E-state index is 0.871. The van der Waals surface area contributed by atoms with Crippen LogP contribution in [0.25, 0.3) is 0 Å². The summed E-state index contributed by atoms with van der Waals surface area (Å²) in [5.74, 6) is 0. The van der Waals surface area contributed by atoms with E-state index in [9.17, 15) is 0 Å². The third kappa shape index (κ3) is 3.35. The molecule has 3 rings (SSSR count). The van der Waals surface area contributed by atoms with Gasteiger partial charge in [-0.05, 0) is 43.1 Å². The molecular weight excluding hydrogens is 288 g/mol. The second-order valence-electron chi connectivity index (χ2n) is 5.10. The summed E-state index contributed by atoms with van der Waals surface area (Å²) in [5, 5.41) is 3.49. The summed E-state index contributed by atoms with van der Waals surface area (Å²) in [7, 11) is 0. The average molecular weight is 307 g/mol. The summed E-state index contributed by atoms with van der Waals surface area (Å²) in [4.78, 5) is 3.81. The zero-order chi connectivity index (χ0) is 13.8. The van der Waals surface area contributed by atoms with Crippen LogP contribution in [0, 0.1) is 0 Å². The van der Waals surface area contributed by atoms with E-state index in [0.717, 1.165) is 24.0 Å². The number of para-hydroxylation sites is 1. The third-order valence-corrected chi connectivity index (χ3v) is 4.92. The molecule has 1 aliphatic rings. The number of benzene rings is 1. The topological polar surface area (TPSA) is 15.3 Å². The Bertz CT molecular complexity index is 567. The van der Waals surface area contributed by atoms with Crippen molar-refractivity contribution in [3.05, 3.63) is 51.2 Å². The second kappa shape index (κ2) is 6.61. The van der Waals surface area contributed by atoms with Gasteiger partial charge < -0.3 is 10.2 Å². The van der Waals surface area contributed by atoms with Gasteiger partial charge in [-0.2, -0.15) is 0 Å². The van der Waals surface area contributed by atoms with Gasteiger partial charge in [-0.25, -0.2) is 0 Å². The van der Waals surface area contributed by atoms with Crippen molar-refractivity contribution in [3.8, 4) is 0 Å². The molecule has 0 spiro atoms. The van der Waals surface area contributed by atoms with E-state index in [2.05, 4.69) is 40.5 Å². The van der Waals surface area contributed by atoms with E-state index >= 15 is 0 Å². The molecule has 0 amide bonds. The van der Waals surface area contributed by atoms with Crippen LogP contribution in [0.2, 0.25) is 4.34 Å². The summed E-state index contributed by atoms with van der Waals surface area (Å²) in [5.41, 5.74) is 2.92. The van der Waals surface area contributed by atoms with E-state index in [0.29, 0.717) is 0 Å². The maximum Gasteiger partial charge on any atom is 0.0931 e. The highest BCUT2D eigenvalue weighted by atomic mass is 35.5. The zero-order valence-electron chi connectivity index (χ0n) is 11.4. The van der Waals surface area contributed by atoms with E-state index in [1.165, 1.54) is 35.5 Å². The first-order valence-electron chi connectivity index (χ1n) is 7.11. The van der Waals surface area contributed by atoms with Crippen LogP contribution >= 0.6 is 22.9 Å². The quantitative estimate of drug-likeness (QED) is 0.813. The zero-order valence-corrected chi connectivity index (χ0v) is 13.0. The van der Waals surface area contributed by atoms with Crippen molar-refractivity contribution in [1.29, 1.82) is 0 Å². The van der Waals surface area contributed by atoms with Gasteiger partial charge in [0.1, 0.15) is 0 Å². The van der Waals surface area contributed by atoms with Gasteiger partial charge in [-0.1, -0.05) is 29.8 Å². The lowest BCUT2D eigenvalue weighted by atomic mass is 10.2. The number of hydrogen-bond donors (Lipinski definition) is 1. The van der Waals surface area contributed by atoms with E-state index in [4.69, 9.17) is 11.6 Å². The number of nitrogens with one attached hydrogen (secondary N) is 1. The molecule has 4 heteroatoms. The fraction of sp³-hybridized carbons (Fsp3) is 0.375. The smallest absolute Gasteiger partial charge is 0.0931 e. The Morgan fingerprint density at radius 2 is 2.10 bits per heavy atom. The molecule has 0 bridgehead atoms. The van der Waals surface area contributed by atoms with Crippen molar-refractivity contribution < 1.29 is 0 Å². The standard InChI is InChI=1S/C16H19ClN2S/c17-16-7-6-14(20-16)12-18-9-3-10-19-11-8-13-4-1-2-5-15(13)19/h1-2,4-7,18H,3,8-12H2. The van der Waals surface area contributed by atoms with Crippen LogP contribution in [0.1, 0.15) is 16.9 Å². The van der Waals surface area contributed by atoms with E-state index < -0.39 is 0 Å². The largest absolute Gasteiger partial charge is 0.371 e. The van der Waals surface area contributed by atoms with Crippen LogP contribution in [-0.4, -0.2) is 19.6 Å². The van der Waals surface area contributed by atoms with Crippen LogP contribution < -0.4 is 10.2 Å². The summed E-state index contributed by atoms with van der Waals surface area (Å²) in [6.07, 6.45) is 2.37. The molecule has 0 saturated heterocycles. The third-order valence-electron chi connectivity index (χ3n) is 3.69. The van der Waals surface area contributed by atoms with Gasteiger partial charge in [0.15, 0.2) is 0 Å². The molecule has 0 atom stereocenters. The number of thiophene rings is 1. The maximum atomic E-state index is 5.92. The molecule has 2 heterocycles. The van der Waals surface area contributed by atoms with Gasteiger partial charge in [0, 0.05) is 30.2 Å². The minimum Gasteiger partial charge on any atom is -0.371 e. The Hall–Kier alpha value is -1.03. The number of anilines is 1. The highest BCUT2D eigenvalue weighted by molar-refractivity contribution is 7.16. The molecule has 1 aromatic carbocycles. The number of fused-ring (bicyclic) bond motifs is 1. The molecule has 2 nitrogen and oxygen atoms in total. The van der Waals surface area contributed by atoms with Gasteiger partial charge in [-0.3, -0.25) is 0 Å². The summed E-state index contributed by atoms with van der Waals surface area (Å²) < 4.78 is 0.871. The monoisotopic (exact) mass is 306 g/mol. The number of hydrogen-bond acceptors (Lipinski definition) is 3. The Labute approximate surface area is 129 Å². The molecule has 0 saturated carbocycles. The van der Waals surface area contributed by atoms with Crippen LogP contribution in [-0.2, 0) is 13.0 Å². The lowest BCUT2D eigenvalue weighted by Crippen LogP contribution is -2.25. The molecule has 0 radical (unpaired) electrons. The summed E-state index contributed by atoms with van der Waals surface area (Å²) in [6, 6.07) is 12.8. The molecule has 0 aliphatic carbocycles. The first-order valence-corrected chi connectivity index (χ1v) is 8.30. The normalized spacial score (nSPS) is 13.8. The lowest BCUT2D eigenvalue weighted by molar-refractivity contribution is 0.642. The fourth-order valence-corrected chi connectivity index (χ4v) is 3.75. The van der Waals surface area contributed by atoms with Crippen molar-refractivity contribution >= 4 is 28.6 Å². The molecule has 0 unspecified atom stereocenters. The predicted molar refractivity (Wildman–Crippen MR) is 88.0 cm³/mol.